The Morgan fingerprint density at radius 2 is 1.58 bits per heavy atom. The predicted octanol–water partition coefficient (Wildman–Crippen LogP) is 6.14. The number of hydrogen-bond donors (Lipinski definition) is 0. The van der Waals surface area contributed by atoms with E-state index in [1.807, 2.05) is 36.4 Å². The molecule has 3 heteroatoms. The van der Waals surface area contributed by atoms with Crippen LogP contribution in [0, 0.1) is 5.41 Å². The maximum atomic E-state index is 13.7. The average Bonchev–Trinajstić information content (AvgIpc) is 3.04. The van der Waals surface area contributed by atoms with E-state index in [-0.39, 0.29) is 22.9 Å². The minimum absolute atomic E-state index is 0.0742. The molecule has 0 radical (unpaired) electrons. The van der Waals surface area contributed by atoms with Crippen LogP contribution in [-0.4, -0.2) is 23.0 Å². The lowest BCUT2D eigenvalue weighted by Gasteiger charge is -2.44. The van der Waals surface area contributed by atoms with Gasteiger partial charge in [-0.3, -0.25) is 9.59 Å². The largest absolute Gasteiger partial charge is 0.344 e. The third-order valence-corrected chi connectivity index (χ3v) is 6.86. The van der Waals surface area contributed by atoms with E-state index >= 15 is 0 Å². The van der Waals surface area contributed by atoms with Crippen LogP contribution in [0.5, 0.6) is 0 Å². The van der Waals surface area contributed by atoms with Crippen LogP contribution in [0.4, 0.5) is 0 Å². The molecule has 0 N–H and O–H groups in total. The lowest BCUT2D eigenvalue weighted by atomic mass is 9.68. The highest BCUT2D eigenvalue weighted by Gasteiger charge is 2.48. The first-order valence-electron chi connectivity index (χ1n) is 11.4. The number of allylic oxidation sites excluding steroid dienone is 3. The minimum Gasteiger partial charge on any atom is -0.344 e. The molecular weight excluding hydrogens is 382 g/mol. The van der Waals surface area contributed by atoms with E-state index in [9.17, 15) is 9.59 Å². The molecular formula is C28H29NO2. The zero-order valence-corrected chi connectivity index (χ0v) is 18.6. The maximum Gasteiger partial charge on any atom is 0.192 e. The van der Waals surface area contributed by atoms with Gasteiger partial charge in [-0.05, 0) is 23.8 Å². The summed E-state index contributed by atoms with van der Waals surface area (Å²) >= 11 is 0. The van der Waals surface area contributed by atoms with Crippen molar-refractivity contribution >= 4 is 17.3 Å². The molecule has 0 fully saturated rings. The summed E-state index contributed by atoms with van der Waals surface area (Å²) in [6.45, 7) is 7.38. The summed E-state index contributed by atoms with van der Waals surface area (Å²) in [5.74, 6) is -0.0189. The van der Waals surface area contributed by atoms with Crippen LogP contribution in [0.15, 0.2) is 71.4 Å². The molecule has 0 spiro atoms. The monoisotopic (exact) mass is 411 g/mol. The number of fused-ring (bicyclic) bond motifs is 2. The molecule has 0 saturated heterocycles. The minimum atomic E-state index is -0.285. The number of ketones is 2. The molecule has 2 aliphatic carbocycles. The standard InChI is InChI=1S/C28H29NO2/c1-4-5-15-29-21-16-28(2,3)17-22(30)24(21)23(18-11-7-6-8-12-18)25-26(29)19-13-9-10-14-20(19)27(25)31/h6-14,23H,4-5,15-17H2,1-3H3/t23-/m0/s1. The summed E-state index contributed by atoms with van der Waals surface area (Å²) in [5.41, 5.74) is 6.54. The maximum absolute atomic E-state index is 13.7. The first-order chi connectivity index (χ1) is 14.9. The second-order valence-corrected chi connectivity index (χ2v) is 9.79. The van der Waals surface area contributed by atoms with Crippen molar-refractivity contribution in [3.05, 3.63) is 88.1 Å². The van der Waals surface area contributed by atoms with Crippen LogP contribution in [-0.2, 0) is 4.79 Å². The molecule has 0 aromatic heterocycles. The van der Waals surface area contributed by atoms with E-state index in [1.165, 1.54) is 0 Å². The number of hydrogen-bond acceptors (Lipinski definition) is 3. The van der Waals surface area contributed by atoms with Gasteiger partial charge in [-0.25, -0.2) is 0 Å². The Kier molecular flexibility index (Phi) is 4.73. The van der Waals surface area contributed by atoms with Crippen molar-refractivity contribution < 1.29 is 9.59 Å². The zero-order valence-electron chi connectivity index (χ0n) is 18.6. The molecule has 2 aromatic rings. The molecule has 0 saturated carbocycles. The molecule has 5 rings (SSSR count). The Labute approximate surface area is 184 Å². The summed E-state index contributed by atoms with van der Waals surface area (Å²) in [6.07, 6.45) is 3.47. The summed E-state index contributed by atoms with van der Waals surface area (Å²) in [4.78, 5) is 29.7. The summed E-state index contributed by atoms with van der Waals surface area (Å²) < 4.78 is 0. The van der Waals surface area contributed by atoms with Gasteiger partial charge in [-0.15, -0.1) is 0 Å². The van der Waals surface area contributed by atoms with E-state index in [4.69, 9.17) is 0 Å². The number of unbranched alkanes of at least 4 members (excludes halogenated alkanes) is 1. The molecule has 0 amide bonds. The number of benzene rings is 2. The lowest BCUT2D eigenvalue weighted by molar-refractivity contribution is -0.118. The van der Waals surface area contributed by atoms with Crippen molar-refractivity contribution in [1.82, 2.24) is 4.90 Å². The van der Waals surface area contributed by atoms with Crippen LogP contribution in [0.25, 0.3) is 5.70 Å². The van der Waals surface area contributed by atoms with Gasteiger partial charge in [0.25, 0.3) is 0 Å². The summed E-state index contributed by atoms with van der Waals surface area (Å²) in [7, 11) is 0. The van der Waals surface area contributed by atoms with Crippen molar-refractivity contribution in [3.63, 3.8) is 0 Å². The molecule has 31 heavy (non-hydrogen) atoms. The van der Waals surface area contributed by atoms with E-state index in [2.05, 4.69) is 43.9 Å². The van der Waals surface area contributed by atoms with Gasteiger partial charge >= 0.3 is 0 Å². The first-order valence-corrected chi connectivity index (χ1v) is 11.4. The van der Waals surface area contributed by atoms with Crippen LogP contribution in [0.1, 0.15) is 73.9 Å². The molecule has 2 aromatic carbocycles. The Bertz CT molecular complexity index is 1140. The van der Waals surface area contributed by atoms with Gasteiger partial charge in [0, 0.05) is 46.9 Å². The van der Waals surface area contributed by atoms with Gasteiger partial charge in [0.1, 0.15) is 0 Å². The molecule has 158 valence electrons. The molecule has 0 unspecified atom stereocenters. The Balaban J connectivity index is 1.80. The third kappa shape index (κ3) is 3.10. The fourth-order valence-corrected chi connectivity index (χ4v) is 5.54. The molecule has 3 nitrogen and oxygen atoms in total. The molecule has 3 aliphatic rings. The molecule has 1 heterocycles. The highest BCUT2D eigenvalue weighted by atomic mass is 16.1. The van der Waals surface area contributed by atoms with Crippen molar-refractivity contribution in [2.45, 2.75) is 52.4 Å². The molecule has 0 bridgehead atoms. The number of carbonyl (C=O) groups is 2. The smallest absolute Gasteiger partial charge is 0.192 e. The van der Waals surface area contributed by atoms with E-state index in [0.29, 0.717) is 6.42 Å². The second-order valence-electron chi connectivity index (χ2n) is 9.79. The van der Waals surface area contributed by atoms with Crippen LogP contribution >= 0.6 is 0 Å². The Hall–Kier alpha value is -2.94. The SMILES string of the molecule is CCCCN1C2=C(C(=O)CC(C)(C)C2)[C@H](c2ccccc2)C2=C1c1ccccc1C2=O. The highest BCUT2D eigenvalue weighted by Crippen LogP contribution is 2.55. The zero-order chi connectivity index (χ0) is 21.8. The van der Waals surface area contributed by atoms with Gasteiger partial charge < -0.3 is 4.90 Å². The van der Waals surface area contributed by atoms with Crippen molar-refractivity contribution in [2.75, 3.05) is 6.54 Å². The van der Waals surface area contributed by atoms with Crippen LogP contribution in [0.3, 0.4) is 0 Å². The quantitative estimate of drug-likeness (QED) is 0.607. The molecule has 1 atom stereocenters. The third-order valence-electron chi connectivity index (χ3n) is 6.86. The summed E-state index contributed by atoms with van der Waals surface area (Å²) in [5, 5.41) is 0. The van der Waals surface area contributed by atoms with E-state index < -0.39 is 0 Å². The van der Waals surface area contributed by atoms with Crippen LogP contribution < -0.4 is 0 Å². The number of Topliss-reactive ketones (excluding diaryl/α,β-unsaturated/α-hetero) is 2. The molecule has 1 aliphatic heterocycles. The number of carbonyl (C=O) groups excluding carboxylic acids is 2. The summed E-state index contributed by atoms with van der Waals surface area (Å²) in [6, 6.07) is 18.1. The fourth-order valence-electron chi connectivity index (χ4n) is 5.54. The average molecular weight is 412 g/mol. The van der Waals surface area contributed by atoms with Gasteiger partial charge in [0.2, 0.25) is 0 Å². The van der Waals surface area contributed by atoms with Crippen molar-refractivity contribution in [1.29, 1.82) is 0 Å². The normalized spacial score (nSPS) is 21.9. The number of rotatable bonds is 4. The van der Waals surface area contributed by atoms with Gasteiger partial charge in [0.05, 0.1) is 5.70 Å². The van der Waals surface area contributed by atoms with Gasteiger partial charge in [-0.2, -0.15) is 0 Å². The van der Waals surface area contributed by atoms with Crippen LogP contribution in [0.2, 0.25) is 0 Å². The van der Waals surface area contributed by atoms with Gasteiger partial charge in [-0.1, -0.05) is 81.8 Å². The van der Waals surface area contributed by atoms with Gasteiger partial charge in [0.15, 0.2) is 11.6 Å². The lowest BCUT2D eigenvalue weighted by Crippen LogP contribution is -2.39. The first kappa shape index (κ1) is 20.0. The second kappa shape index (κ2) is 7.33. The topological polar surface area (TPSA) is 37.4 Å². The predicted molar refractivity (Wildman–Crippen MR) is 124 cm³/mol. The van der Waals surface area contributed by atoms with E-state index in [0.717, 1.165) is 65.0 Å². The van der Waals surface area contributed by atoms with E-state index in [1.54, 1.807) is 0 Å². The Morgan fingerprint density at radius 3 is 2.29 bits per heavy atom. The van der Waals surface area contributed by atoms with Crippen molar-refractivity contribution in [2.24, 2.45) is 5.41 Å². The Morgan fingerprint density at radius 1 is 0.903 bits per heavy atom. The number of nitrogens with zero attached hydrogens (tertiary/aromatic N) is 1. The highest BCUT2D eigenvalue weighted by molar-refractivity contribution is 6.23. The fraction of sp³-hybridized carbons (Fsp3) is 0.357. The van der Waals surface area contributed by atoms with Crippen molar-refractivity contribution in [3.8, 4) is 0 Å².